The van der Waals surface area contributed by atoms with E-state index in [0.717, 1.165) is 22.5 Å². The van der Waals surface area contributed by atoms with E-state index in [9.17, 15) is 4.79 Å². The Morgan fingerprint density at radius 2 is 1.96 bits per heavy atom. The van der Waals surface area contributed by atoms with Crippen molar-refractivity contribution in [1.29, 1.82) is 0 Å². The lowest BCUT2D eigenvalue weighted by atomic mass is 10.2. The molecule has 6 nitrogen and oxygen atoms in total. The van der Waals surface area contributed by atoms with Crippen molar-refractivity contribution < 1.29 is 13.9 Å². The molecule has 0 fully saturated rings. The summed E-state index contributed by atoms with van der Waals surface area (Å²) in [6, 6.07) is 15.2. The Bertz CT molecular complexity index is 1070. The molecule has 28 heavy (non-hydrogen) atoms. The molecule has 0 saturated carbocycles. The first kappa shape index (κ1) is 18.5. The summed E-state index contributed by atoms with van der Waals surface area (Å²) >= 11 is 2.66. The molecule has 142 valence electrons. The molecule has 1 unspecified atom stereocenters. The summed E-state index contributed by atoms with van der Waals surface area (Å²) in [5.41, 5.74) is 3.26. The van der Waals surface area contributed by atoms with Gasteiger partial charge in [-0.1, -0.05) is 23.9 Å². The number of para-hydroxylation sites is 2. The van der Waals surface area contributed by atoms with Gasteiger partial charge in [0.05, 0.1) is 18.1 Å². The molecule has 1 atom stereocenters. The Kier molecular flexibility index (Phi) is 5.31. The molecule has 2 aromatic carbocycles. The minimum absolute atomic E-state index is 0.150. The number of fused-ring (bicyclic) bond motifs is 1. The molecule has 1 amide bonds. The second kappa shape index (κ2) is 8.04. The van der Waals surface area contributed by atoms with Gasteiger partial charge in [0.15, 0.2) is 10.7 Å². The Labute approximate surface area is 170 Å². The number of carbonyl (C=O) groups is 1. The fraction of sp³-hybridized carbons (Fsp3) is 0.150. The first-order chi connectivity index (χ1) is 13.6. The first-order valence-electron chi connectivity index (χ1n) is 8.55. The molecule has 2 heterocycles. The van der Waals surface area contributed by atoms with Crippen LogP contribution in [0.2, 0.25) is 0 Å². The number of rotatable bonds is 6. The molecular formula is C20H17N3O3S2. The number of hydrogen-bond donors (Lipinski definition) is 1. The monoisotopic (exact) mass is 411 g/mol. The van der Waals surface area contributed by atoms with Crippen LogP contribution in [0, 0.1) is 0 Å². The normalized spacial score (nSPS) is 12.1. The number of benzene rings is 2. The van der Waals surface area contributed by atoms with Crippen molar-refractivity contribution in [3.63, 3.8) is 0 Å². The Balaban J connectivity index is 1.40. The summed E-state index contributed by atoms with van der Waals surface area (Å²) in [7, 11) is 1.63. The van der Waals surface area contributed by atoms with Gasteiger partial charge >= 0.3 is 0 Å². The molecule has 1 N–H and O–H groups in total. The van der Waals surface area contributed by atoms with Gasteiger partial charge in [0, 0.05) is 10.9 Å². The van der Waals surface area contributed by atoms with Gasteiger partial charge in [-0.25, -0.2) is 9.97 Å². The number of thiazole rings is 1. The Morgan fingerprint density at radius 1 is 1.18 bits per heavy atom. The van der Waals surface area contributed by atoms with Gasteiger partial charge in [0.1, 0.15) is 11.3 Å². The van der Waals surface area contributed by atoms with E-state index in [1.807, 2.05) is 60.8 Å². The van der Waals surface area contributed by atoms with E-state index in [-0.39, 0.29) is 11.2 Å². The number of hydrogen-bond acceptors (Lipinski definition) is 7. The van der Waals surface area contributed by atoms with Crippen LogP contribution in [0.15, 0.2) is 63.6 Å². The number of ether oxygens (including phenoxy) is 1. The van der Waals surface area contributed by atoms with Gasteiger partial charge in [-0.3, -0.25) is 4.79 Å². The largest absolute Gasteiger partial charge is 0.497 e. The topological polar surface area (TPSA) is 77.2 Å². The minimum atomic E-state index is -0.374. The maximum Gasteiger partial charge on any atom is 0.257 e. The van der Waals surface area contributed by atoms with Gasteiger partial charge in [-0.15, -0.1) is 11.3 Å². The van der Waals surface area contributed by atoms with Gasteiger partial charge in [-0.2, -0.15) is 0 Å². The fourth-order valence-electron chi connectivity index (χ4n) is 2.54. The predicted molar refractivity (Wildman–Crippen MR) is 112 cm³/mol. The fourth-order valence-corrected chi connectivity index (χ4v) is 4.02. The van der Waals surface area contributed by atoms with Crippen LogP contribution in [0.3, 0.4) is 0 Å². The second-order valence-corrected chi connectivity index (χ2v) is 8.11. The SMILES string of the molecule is COc1ccc(-c2csc(NC(=O)C(C)Sc3nc4ccccc4o3)n2)cc1. The summed E-state index contributed by atoms with van der Waals surface area (Å²) < 4.78 is 10.8. The standard InChI is InChI=1S/C20H17N3O3S2/c1-12(28-20-22-15-5-3-4-6-17(15)26-20)18(24)23-19-21-16(11-27-19)13-7-9-14(25-2)10-8-13/h3-12H,1-2H3,(H,21,23,24). The summed E-state index contributed by atoms with van der Waals surface area (Å²) in [4.78, 5) is 21.4. The molecule has 0 radical (unpaired) electrons. The highest BCUT2D eigenvalue weighted by atomic mass is 32.2. The zero-order valence-electron chi connectivity index (χ0n) is 15.2. The highest BCUT2D eigenvalue weighted by Gasteiger charge is 2.19. The van der Waals surface area contributed by atoms with Crippen molar-refractivity contribution in [3.05, 3.63) is 53.9 Å². The maximum absolute atomic E-state index is 12.5. The van der Waals surface area contributed by atoms with E-state index in [0.29, 0.717) is 15.9 Å². The lowest BCUT2D eigenvalue weighted by molar-refractivity contribution is -0.115. The Morgan fingerprint density at radius 3 is 2.71 bits per heavy atom. The van der Waals surface area contributed by atoms with Crippen molar-refractivity contribution in [2.75, 3.05) is 12.4 Å². The van der Waals surface area contributed by atoms with Crippen LogP contribution in [0.1, 0.15) is 6.92 Å². The summed E-state index contributed by atoms with van der Waals surface area (Å²) in [5, 5.41) is 5.43. The van der Waals surface area contributed by atoms with E-state index in [2.05, 4.69) is 15.3 Å². The summed E-state index contributed by atoms with van der Waals surface area (Å²) in [6.07, 6.45) is 0. The van der Waals surface area contributed by atoms with Crippen LogP contribution < -0.4 is 10.1 Å². The van der Waals surface area contributed by atoms with Crippen LogP contribution in [0.25, 0.3) is 22.4 Å². The number of aromatic nitrogens is 2. The van der Waals surface area contributed by atoms with Crippen LogP contribution in [0.4, 0.5) is 5.13 Å². The van der Waals surface area contributed by atoms with E-state index in [4.69, 9.17) is 9.15 Å². The van der Waals surface area contributed by atoms with Crippen LogP contribution in [0.5, 0.6) is 5.75 Å². The average Bonchev–Trinajstić information content (AvgIpc) is 3.34. The number of nitrogens with zero attached hydrogens (tertiary/aromatic N) is 2. The molecule has 2 aromatic heterocycles. The molecule has 0 spiro atoms. The first-order valence-corrected chi connectivity index (χ1v) is 10.3. The van der Waals surface area contributed by atoms with Gasteiger partial charge in [-0.05, 0) is 43.3 Å². The number of carbonyl (C=O) groups excluding carboxylic acids is 1. The zero-order valence-corrected chi connectivity index (χ0v) is 16.8. The van der Waals surface area contributed by atoms with E-state index >= 15 is 0 Å². The average molecular weight is 412 g/mol. The molecule has 0 aliphatic heterocycles. The molecule has 0 aliphatic rings. The van der Waals surface area contributed by atoms with Gasteiger partial charge < -0.3 is 14.5 Å². The van der Waals surface area contributed by atoms with Crippen LogP contribution in [-0.2, 0) is 4.79 Å². The third kappa shape index (κ3) is 4.02. The van der Waals surface area contributed by atoms with Crippen LogP contribution >= 0.6 is 23.1 Å². The Hall–Kier alpha value is -2.84. The minimum Gasteiger partial charge on any atom is -0.497 e. The lowest BCUT2D eigenvalue weighted by Crippen LogP contribution is -2.22. The van der Waals surface area contributed by atoms with Gasteiger partial charge in [0.2, 0.25) is 5.91 Å². The molecule has 4 rings (SSSR count). The van der Waals surface area contributed by atoms with E-state index < -0.39 is 0 Å². The summed E-state index contributed by atoms with van der Waals surface area (Å²) in [5.74, 6) is 0.639. The number of methoxy groups -OCH3 is 1. The third-order valence-electron chi connectivity index (χ3n) is 4.04. The van der Waals surface area contributed by atoms with Crippen LogP contribution in [-0.4, -0.2) is 28.2 Å². The quantitative estimate of drug-likeness (QED) is 0.446. The highest BCUT2D eigenvalue weighted by molar-refractivity contribution is 8.00. The van der Waals surface area contributed by atoms with Crippen molar-refractivity contribution in [3.8, 4) is 17.0 Å². The molecule has 0 saturated heterocycles. The number of oxazole rings is 1. The van der Waals surface area contributed by atoms with E-state index in [1.54, 1.807) is 7.11 Å². The number of thioether (sulfide) groups is 1. The summed E-state index contributed by atoms with van der Waals surface area (Å²) in [6.45, 7) is 1.81. The highest BCUT2D eigenvalue weighted by Crippen LogP contribution is 2.29. The third-order valence-corrected chi connectivity index (χ3v) is 5.74. The maximum atomic E-state index is 12.5. The van der Waals surface area contributed by atoms with Crippen molar-refractivity contribution in [1.82, 2.24) is 9.97 Å². The predicted octanol–water partition coefficient (Wildman–Crippen LogP) is 5.08. The van der Waals surface area contributed by atoms with Crippen molar-refractivity contribution in [2.24, 2.45) is 0 Å². The number of amides is 1. The molecule has 4 aromatic rings. The number of nitrogens with one attached hydrogen (secondary N) is 1. The van der Waals surface area contributed by atoms with Gasteiger partial charge in [0.25, 0.3) is 5.22 Å². The lowest BCUT2D eigenvalue weighted by Gasteiger charge is -2.07. The molecule has 0 bridgehead atoms. The molecular weight excluding hydrogens is 394 g/mol. The van der Waals surface area contributed by atoms with Crippen molar-refractivity contribution in [2.45, 2.75) is 17.4 Å². The zero-order chi connectivity index (χ0) is 19.5. The number of anilines is 1. The second-order valence-electron chi connectivity index (χ2n) is 5.96. The van der Waals surface area contributed by atoms with Crippen molar-refractivity contribution >= 4 is 45.2 Å². The molecule has 0 aliphatic carbocycles. The smallest absolute Gasteiger partial charge is 0.257 e. The van der Waals surface area contributed by atoms with E-state index in [1.165, 1.54) is 23.1 Å². The molecule has 8 heteroatoms.